The van der Waals surface area contributed by atoms with Gasteiger partial charge in [-0.15, -0.1) is 4.36 Å². The number of nitrogens with zero attached hydrogens (tertiary/aromatic N) is 3. The Morgan fingerprint density at radius 1 is 1.18 bits per heavy atom. The number of halogens is 1. The van der Waals surface area contributed by atoms with Crippen LogP contribution in [-0.2, 0) is 33.5 Å². The summed E-state index contributed by atoms with van der Waals surface area (Å²) in [4.78, 5) is 29.7. The molecule has 0 unspecified atom stereocenters. The number of carbonyl (C=O) groups is 2. The number of rotatable bonds is 3. The summed E-state index contributed by atoms with van der Waals surface area (Å²) in [6.45, 7) is 6.20. The molecule has 2 bridgehead atoms. The van der Waals surface area contributed by atoms with Crippen LogP contribution in [0.2, 0.25) is 5.15 Å². The molecule has 2 amide bonds. The Hall–Kier alpha value is -3.60. The minimum Gasteiger partial charge on any atom is -0.490 e. The number of hydrogen-bond donors (Lipinski definition) is 1. The molecule has 1 saturated carbocycles. The van der Waals surface area contributed by atoms with E-state index in [9.17, 15) is 13.8 Å². The number of methoxy groups -OCH3 is 1. The van der Waals surface area contributed by atoms with Gasteiger partial charge >= 0.3 is 0 Å². The number of fused-ring (bicyclic) bond motifs is 4. The molecule has 1 spiro atoms. The van der Waals surface area contributed by atoms with E-state index in [4.69, 9.17) is 21.1 Å². The normalized spacial score (nSPS) is 30.2. The van der Waals surface area contributed by atoms with Crippen molar-refractivity contribution >= 4 is 39.0 Å². The fraction of sp³-hybridized carbons (Fsp3) is 0.487. The van der Waals surface area contributed by atoms with Gasteiger partial charge in [-0.3, -0.25) is 14.3 Å². The zero-order valence-corrected chi connectivity index (χ0v) is 30.9. The summed E-state index contributed by atoms with van der Waals surface area (Å²) in [6, 6.07) is 13.7. The standard InChI is InChI=1S/C39H47ClN4O5S/c1-25-10-14-32-27(17-25)8-6-16-39(32)23-44-21-29-11-13-31(29)34(48-4)9-5-7-26(2)22-50(47,42-38(46)30-19-36(40)43(3)20-30)41-37(45)28-12-15-35(49-24-39)33(44)18-28/h5,9-10,12,14-15,17-20,26,29,31,34H,6-8,11,13,16,21-24H2,1-4H3,(H,41,42,45,46,47)/b9-5+/t26-,29-,31+,34-,39-,50-/m0/s1. The highest BCUT2D eigenvalue weighted by molar-refractivity contribution is 7.92. The lowest BCUT2D eigenvalue weighted by Gasteiger charge is -2.46. The molecular weight excluding hydrogens is 672 g/mol. The third kappa shape index (κ3) is 6.86. The molecule has 3 aromatic rings. The number of anilines is 1. The zero-order valence-electron chi connectivity index (χ0n) is 29.3. The van der Waals surface area contributed by atoms with Crippen molar-refractivity contribution in [1.29, 1.82) is 0 Å². The van der Waals surface area contributed by atoms with Gasteiger partial charge in [0.2, 0.25) is 0 Å². The van der Waals surface area contributed by atoms with Crippen molar-refractivity contribution in [2.24, 2.45) is 29.2 Å². The molecule has 266 valence electrons. The first kappa shape index (κ1) is 34.8. The van der Waals surface area contributed by atoms with E-state index in [1.807, 2.05) is 19.1 Å². The van der Waals surface area contributed by atoms with Gasteiger partial charge in [-0.2, -0.15) is 0 Å². The van der Waals surface area contributed by atoms with Crippen molar-refractivity contribution in [1.82, 2.24) is 9.29 Å². The lowest BCUT2D eigenvalue weighted by Crippen LogP contribution is -2.49. The molecular formula is C39H47ClN4O5S. The zero-order chi connectivity index (χ0) is 35.2. The van der Waals surface area contributed by atoms with Crippen molar-refractivity contribution in [3.05, 3.63) is 93.8 Å². The van der Waals surface area contributed by atoms with Crippen LogP contribution in [0.4, 0.5) is 5.69 Å². The van der Waals surface area contributed by atoms with Gasteiger partial charge in [-0.25, -0.2) is 4.21 Å². The van der Waals surface area contributed by atoms with Crippen LogP contribution in [0.15, 0.2) is 65.2 Å². The first-order chi connectivity index (χ1) is 24.0. The third-order valence-corrected chi connectivity index (χ3v) is 13.5. The molecule has 9 nitrogen and oxygen atoms in total. The molecule has 4 aliphatic rings. The summed E-state index contributed by atoms with van der Waals surface area (Å²) in [7, 11) is -0.0445. The molecule has 0 radical (unpaired) electrons. The van der Waals surface area contributed by atoms with Crippen LogP contribution in [-0.4, -0.2) is 59.3 Å². The Morgan fingerprint density at radius 3 is 2.76 bits per heavy atom. The molecule has 2 aliphatic carbocycles. The third-order valence-electron chi connectivity index (χ3n) is 11.2. The van der Waals surface area contributed by atoms with Gasteiger partial charge in [0.05, 0.1) is 29.7 Å². The van der Waals surface area contributed by atoms with Gasteiger partial charge in [0.25, 0.3) is 11.8 Å². The predicted octanol–water partition coefficient (Wildman–Crippen LogP) is 7.05. The molecule has 1 N–H and O–H groups in total. The van der Waals surface area contributed by atoms with Crippen LogP contribution in [0.25, 0.3) is 0 Å². The summed E-state index contributed by atoms with van der Waals surface area (Å²) in [6.07, 6.45) is 11.7. The van der Waals surface area contributed by atoms with Crippen LogP contribution in [0.3, 0.4) is 0 Å². The van der Waals surface area contributed by atoms with Crippen LogP contribution < -0.4 is 14.4 Å². The first-order valence-corrected chi connectivity index (χ1v) is 19.8. The van der Waals surface area contributed by atoms with E-state index in [0.717, 1.165) is 56.6 Å². The lowest BCUT2D eigenvalue weighted by atomic mass is 9.68. The Labute approximate surface area is 300 Å². The lowest BCUT2D eigenvalue weighted by molar-refractivity contribution is 0.0131. The van der Waals surface area contributed by atoms with Gasteiger partial charge in [-0.05, 0) is 98.6 Å². The molecule has 0 saturated heterocycles. The van der Waals surface area contributed by atoms with Crippen molar-refractivity contribution in [3.8, 4) is 5.75 Å². The quantitative estimate of drug-likeness (QED) is 0.292. The number of carbonyl (C=O) groups excluding carboxylic acids is 2. The number of aryl methyl sites for hydroxylation is 3. The van der Waals surface area contributed by atoms with Crippen molar-refractivity contribution < 1.29 is 23.3 Å². The van der Waals surface area contributed by atoms with Crippen LogP contribution in [0.5, 0.6) is 5.75 Å². The molecule has 3 heterocycles. The molecule has 1 aromatic heterocycles. The Morgan fingerprint density at radius 2 is 2.02 bits per heavy atom. The SMILES string of the molecule is CO[C@H]1/C=C/C[C@H](C)C[S@@](=O)(NC(=O)c2cc(Cl)n(C)c2)=NC(=O)c2ccc3c(c2)N(C[C@@H]2CC[C@H]21)C[C@@]1(CCCc2cc(C)ccc21)CO3. The highest BCUT2D eigenvalue weighted by atomic mass is 35.5. The minimum absolute atomic E-state index is 0.000663. The second kappa shape index (κ2) is 13.8. The predicted molar refractivity (Wildman–Crippen MR) is 198 cm³/mol. The first-order valence-electron chi connectivity index (χ1n) is 17.7. The minimum atomic E-state index is -3.53. The van der Waals surface area contributed by atoms with E-state index in [1.54, 1.807) is 31.0 Å². The average Bonchev–Trinajstić information content (AvgIpc) is 3.33. The van der Waals surface area contributed by atoms with Gasteiger partial charge in [-0.1, -0.05) is 54.4 Å². The van der Waals surface area contributed by atoms with Crippen LogP contribution in [0, 0.1) is 24.7 Å². The molecule has 2 aliphatic heterocycles. The van der Waals surface area contributed by atoms with Crippen molar-refractivity contribution in [2.75, 3.05) is 37.5 Å². The number of aromatic nitrogens is 1. The molecule has 11 heteroatoms. The number of nitrogens with one attached hydrogen (secondary N) is 1. The molecule has 2 aromatic carbocycles. The number of hydrogen-bond acceptors (Lipinski definition) is 6. The highest BCUT2D eigenvalue weighted by Crippen LogP contribution is 2.47. The van der Waals surface area contributed by atoms with E-state index >= 15 is 0 Å². The summed E-state index contributed by atoms with van der Waals surface area (Å²) in [5, 5.41) is 0.362. The molecule has 1 fully saturated rings. The maximum absolute atomic E-state index is 14.5. The van der Waals surface area contributed by atoms with E-state index in [2.05, 4.69) is 51.3 Å². The van der Waals surface area contributed by atoms with Gasteiger partial charge in [0.1, 0.15) is 20.8 Å². The monoisotopic (exact) mass is 718 g/mol. The summed E-state index contributed by atoms with van der Waals surface area (Å²) < 4.78 is 35.7. The summed E-state index contributed by atoms with van der Waals surface area (Å²) >= 11 is 6.19. The van der Waals surface area contributed by atoms with E-state index in [-0.39, 0.29) is 28.8 Å². The Balaban J connectivity index is 1.30. The maximum atomic E-state index is 14.5. The fourth-order valence-corrected chi connectivity index (χ4v) is 10.5. The summed E-state index contributed by atoms with van der Waals surface area (Å²) in [5.41, 5.74) is 5.19. The maximum Gasteiger partial charge on any atom is 0.286 e. The summed E-state index contributed by atoms with van der Waals surface area (Å²) in [5.74, 6) is 0.0941. The van der Waals surface area contributed by atoms with Gasteiger partial charge in [0, 0.05) is 44.4 Å². The van der Waals surface area contributed by atoms with Crippen molar-refractivity contribution in [2.45, 2.75) is 63.9 Å². The van der Waals surface area contributed by atoms with Gasteiger partial charge in [0.15, 0.2) is 0 Å². The topological polar surface area (TPSA) is 102 Å². The number of allylic oxidation sites excluding steroid dienone is 1. The average molecular weight is 719 g/mol. The largest absolute Gasteiger partial charge is 0.490 e. The second-order valence-corrected chi connectivity index (χ2v) is 17.3. The van der Waals surface area contributed by atoms with Crippen LogP contribution >= 0.6 is 11.6 Å². The second-order valence-electron chi connectivity index (χ2n) is 14.9. The fourth-order valence-electron chi connectivity index (χ4n) is 8.39. The molecule has 50 heavy (non-hydrogen) atoms. The highest BCUT2D eigenvalue weighted by Gasteiger charge is 2.44. The Kier molecular flexibility index (Phi) is 9.65. The number of amides is 2. The Bertz CT molecular complexity index is 1950. The van der Waals surface area contributed by atoms with E-state index in [1.165, 1.54) is 22.8 Å². The van der Waals surface area contributed by atoms with Gasteiger partial charge < -0.3 is 18.9 Å². The number of ether oxygens (including phenoxy) is 2. The smallest absolute Gasteiger partial charge is 0.286 e. The van der Waals surface area contributed by atoms with E-state index in [0.29, 0.717) is 35.6 Å². The van der Waals surface area contributed by atoms with Crippen LogP contribution in [0.1, 0.15) is 76.4 Å². The molecule has 7 rings (SSSR count). The van der Waals surface area contributed by atoms with Crippen molar-refractivity contribution in [3.63, 3.8) is 0 Å². The molecule has 6 atom stereocenters. The van der Waals surface area contributed by atoms with E-state index < -0.39 is 21.7 Å². The number of benzene rings is 2.